The third-order valence-electron chi connectivity index (χ3n) is 2.17. The van der Waals surface area contributed by atoms with Crippen LogP contribution in [-0.2, 0) is 20.6 Å². The largest absolute Gasteiger partial charge is 0.221 e. The van der Waals surface area contributed by atoms with E-state index >= 15 is 0 Å². The Morgan fingerprint density at radius 1 is 0.611 bits per heavy atom. The molecule has 0 aliphatic heterocycles. The Labute approximate surface area is 128 Å². The van der Waals surface area contributed by atoms with E-state index < -0.39 is 20.6 Å². The predicted octanol–water partition coefficient (Wildman–Crippen LogP) is 1.24. The molecule has 0 heterocycles. The Kier molecular flexibility index (Phi) is 6.76. The summed E-state index contributed by atoms with van der Waals surface area (Å²) in [6.07, 6.45) is 9.02. The molecule has 2 rings (SSSR count). The number of fused-ring (bicyclic) bond motifs is 1. The number of hydrogen-bond acceptors (Lipinski definition) is 4. The molecule has 98 valence electrons. The van der Waals surface area contributed by atoms with Crippen molar-refractivity contribution in [2.24, 2.45) is 0 Å². The van der Waals surface area contributed by atoms with E-state index in [2.05, 4.69) is 0 Å². The van der Waals surface area contributed by atoms with E-state index in [9.17, 15) is 16.8 Å². The molecule has 4 nitrogen and oxygen atoms in total. The van der Waals surface area contributed by atoms with Gasteiger partial charge in [0.25, 0.3) is 0 Å². The van der Waals surface area contributed by atoms with Gasteiger partial charge in [-0.1, -0.05) is 12.2 Å². The Hall–Kier alpha value is -0.700. The second-order valence-electron chi connectivity index (χ2n) is 3.14. The number of hydrogen-bond donors (Lipinski definition) is 0. The summed E-state index contributed by atoms with van der Waals surface area (Å²) in [7, 11) is -4.54. The van der Waals surface area contributed by atoms with Gasteiger partial charge in [0.05, 0.1) is 9.73 Å². The lowest BCUT2D eigenvalue weighted by Gasteiger charge is -2.11. The van der Waals surface area contributed by atoms with Crippen molar-refractivity contribution in [3.8, 4) is 0 Å². The van der Waals surface area contributed by atoms with Crippen LogP contribution < -0.4 is 0 Å². The molecule has 0 aromatic heterocycles. The van der Waals surface area contributed by atoms with Crippen LogP contribution in [0.25, 0.3) is 0 Å². The molecular formula is C10H8Br2O4S2. The van der Waals surface area contributed by atoms with E-state index in [1.54, 1.807) is 12.2 Å². The molecule has 2 aliphatic carbocycles. The second-order valence-corrected chi connectivity index (χ2v) is 5.02. The van der Waals surface area contributed by atoms with E-state index in [1.807, 2.05) is 0 Å². The van der Waals surface area contributed by atoms with Crippen LogP contribution >= 0.6 is 34.0 Å². The molecule has 0 saturated carbocycles. The third-order valence-corrected chi connectivity index (χ3v) is 3.45. The summed E-state index contributed by atoms with van der Waals surface area (Å²) in [5.74, 6) is 0. The van der Waals surface area contributed by atoms with E-state index in [1.165, 1.54) is 24.3 Å². The molecular weight excluding hydrogens is 408 g/mol. The molecule has 0 bridgehead atoms. The van der Waals surface area contributed by atoms with Gasteiger partial charge in [-0.05, 0) is 35.5 Å². The molecule has 2 aliphatic rings. The lowest BCUT2D eigenvalue weighted by Crippen LogP contribution is -2.05. The van der Waals surface area contributed by atoms with Crippen LogP contribution in [0.15, 0.2) is 47.6 Å². The van der Waals surface area contributed by atoms with Crippen molar-refractivity contribution in [3.05, 3.63) is 47.6 Å². The molecule has 0 atom stereocenters. The van der Waals surface area contributed by atoms with Gasteiger partial charge in [0.15, 0.2) is 0 Å². The lowest BCUT2D eigenvalue weighted by molar-refractivity contribution is 0.625. The van der Waals surface area contributed by atoms with Gasteiger partial charge in [0.1, 0.15) is 0 Å². The van der Waals surface area contributed by atoms with Crippen molar-refractivity contribution in [1.29, 1.82) is 0 Å². The van der Waals surface area contributed by atoms with E-state index in [0.29, 0.717) is 11.1 Å². The summed E-state index contributed by atoms with van der Waals surface area (Å²) in [6, 6.07) is 0. The van der Waals surface area contributed by atoms with Crippen molar-refractivity contribution < 1.29 is 16.8 Å². The maximum atomic E-state index is 10.7. The number of allylic oxidation sites excluding steroid dienone is 8. The molecule has 8 heteroatoms. The summed E-state index contributed by atoms with van der Waals surface area (Å²) in [6.45, 7) is 0. The van der Waals surface area contributed by atoms with Crippen molar-refractivity contribution in [2.45, 2.75) is 0 Å². The van der Waals surface area contributed by atoms with Crippen molar-refractivity contribution in [1.82, 2.24) is 0 Å². The normalized spacial score (nSPS) is 15.8. The molecule has 0 unspecified atom stereocenters. The van der Waals surface area contributed by atoms with Crippen LogP contribution in [0.4, 0.5) is 0 Å². The Balaban J connectivity index is 0.00000144. The van der Waals surface area contributed by atoms with E-state index in [0.717, 1.165) is 0 Å². The molecule has 0 radical (unpaired) electrons. The lowest BCUT2D eigenvalue weighted by atomic mass is 9.95. The van der Waals surface area contributed by atoms with Crippen LogP contribution in [-0.4, -0.2) is 26.6 Å². The highest BCUT2D eigenvalue weighted by Crippen LogP contribution is 2.21. The average molecular weight is 416 g/mol. The zero-order chi connectivity index (χ0) is 11.7. The fourth-order valence-corrected chi connectivity index (χ4v) is 2.21. The van der Waals surface area contributed by atoms with Crippen LogP contribution in [0, 0.1) is 0 Å². The molecule has 0 saturated heterocycles. The molecule has 0 fully saturated rings. The quantitative estimate of drug-likeness (QED) is 0.558. The monoisotopic (exact) mass is 414 g/mol. The highest BCUT2D eigenvalue weighted by molar-refractivity contribution is 8.93. The van der Waals surface area contributed by atoms with Crippen LogP contribution in [0.1, 0.15) is 0 Å². The van der Waals surface area contributed by atoms with Crippen LogP contribution in [0.2, 0.25) is 0 Å². The standard InChI is InChI=1S/C10H6O4S2.2BrH/c11-15(12)9-3-1-7-5-10(16(13)14)4-2-8(7)6-9;;/h1-6H;2*1H. The second kappa shape index (κ2) is 7.03. The minimum absolute atomic E-state index is 0. The summed E-state index contributed by atoms with van der Waals surface area (Å²) in [4.78, 5) is 0.368. The first-order chi connectivity index (χ1) is 7.58. The van der Waals surface area contributed by atoms with Crippen LogP contribution in [0.5, 0.6) is 0 Å². The Morgan fingerprint density at radius 2 is 0.944 bits per heavy atom. The van der Waals surface area contributed by atoms with Crippen LogP contribution in [0.3, 0.4) is 0 Å². The first kappa shape index (κ1) is 17.3. The Morgan fingerprint density at radius 3 is 1.22 bits per heavy atom. The molecule has 0 amide bonds. The maximum Gasteiger partial charge on any atom is 0.221 e. The minimum Gasteiger partial charge on any atom is -0.184 e. The van der Waals surface area contributed by atoms with Gasteiger partial charge in [0.2, 0.25) is 20.6 Å². The highest BCUT2D eigenvalue weighted by atomic mass is 79.9. The summed E-state index contributed by atoms with van der Waals surface area (Å²) in [5.41, 5.74) is 1.38. The molecule has 0 spiro atoms. The fraction of sp³-hybridized carbons (Fsp3) is 0. The van der Waals surface area contributed by atoms with Gasteiger partial charge in [-0.2, -0.15) is 16.8 Å². The van der Waals surface area contributed by atoms with Crippen molar-refractivity contribution in [3.63, 3.8) is 0 Å². The van der Waals surface area contributed by atoms with Gasteiger partial charge in [0, 0.05) is 0 Å². The third kappa shape index (κ3) is 3.64. The fourth-order valence-electron chi connectivity index (χ4n) is 1.41. The van der Waals surface area contributed by atoms with E-state index in [4.69, 9.17) is 0 Å². The van der Waals surface area contributed by atoms with Crippen molar-refractivity contribution in [2.75, 3.05) is 0 Å². The molecule has 18 heavy (non-hydrogen) atoms. The topological polar surface area (TPSA) is 68.3 Å². The van der Waals surface area contributed by atoms with Gasteiger partial charge in [-0.25, -0.2) is 0 Å². The summed E-state index contributed by atoms with van der Waals surface area (Å²) >= 11 is 0. The average Bonchev–Trinajstić information content (AvgIpc) is 2.27. The zero-order valence-electron chi connectivity index (χ0n) is 8.73. The first-order valence-corrected chi connectivity index (χ1v) is 6.45. The predicted molar refractivity (Wildman–Crippen MR) is 82.9 cm³/mol. The van der Waals surface area contributed by atoms with Gasteiger partial charge < -0.3 is 0 Å². The molecule has 0 N–H and O–H groups in total. The SMILES string of the molecule is Br.Br.O=S(=O)=C1C=CC2=CC(=S(=O)=O)C=CC2=C1. The van der Waals surface area contributed by atoms with Gasteiger partial charge >= 0.3 is 0 Å². The smallest absolute Gasteiger partial charge is 0.184 e. The molecule has 0 aromatic carbocycles. The summed E-state index contributed by atoms with van der Waals surface area (Å²) < 4.78 is 42.9. The number of rotatable bonds is 0. The number of halogens is 2. The minimum atomic E-state index is -2.27. The van der Waals surface area contributed by atoms with Gasteiger partial charge in [-0.15, -0.1) is 34.0 Å². The first-order valence-electron chi connectivity index (χ1n) is 4.30. The van der Waals surface area contributed by atoms with Crippen molar-refractivity contribution >= 4 is 64.3 Å². The molecule has 0 aromatic rings. The van der Waals surface area contributed by atoms with E-state index in [-0.39, 0.29) is 43.7 Å². The highest BCUT2D eigenvalue weighted by Gasteiger charge is 2.12. The zero-order valence-corrected chi connectivity index (χ0v) is 13.8. The maximum absolute atomic E-state index is 10.7. The Bertz CT molecular complexity index is 666. The summed E-state index contributed by atoms with van der Waals surface area (Å²) in [5, 5.41) is 0. The van der Waals surface area contributed by atoms with Gasteiger partial charge in [-0.3, -0.25) is 0 Å².